The summed E-state index contributed by atoms with van der Waals surface area (Å²) in [6, 6.07) is 16.1. The summed E-state index contributed by atoms with van der Waals surface area (Å²) in [6.07, 6.45) is 3.24. The minimum Gasteiger partial charge on any atom is -0.508 e. The van der Waals surface area contributed by atoms with Crippen molar-refractivity contribution in [1.82, 2.24) is 4.57 Å². The highest BCUT2D eigenvalue weighted by atomic mass is 79.9. The van der Waals surface area contributed by atoms with Crippen LogP contribution in [0.3, 0.4) is 0 Å². The third-order valence-electron chi connectivity index (χ3n) is 4.81. The van der Waals surface area contributed by atoms with E-state index in [1.54, 1.807) is 42.6 Å². The van der Waals surface area contributed by atoms with E-state index in [4.69, 9.17) is 0 Å². The normalized spacial score (nSPS) is 12.7. The molecule has 29 heavy (non-hydrogen) atoms. The molecule has 0 unspecified atom stereocenters. The molecule has 0 radical (unpaired) electrons. The Morgan fingerprint density at radius 3 is 2.62 bits per heavy atom. The topological polar surface area (TPSA) is 90.4 Å². The predicted molar refractivity (Wildman–Crippen MR) is 115 cm³/mol. The van der Waals surface area contributed by atoms with E-state index in [9.17, 15) is 15.2 Å². The maximum Gasteiger partial charge on any atom is 0.274 e. The molecule has 144 valence electrons. The van der Waals surface area contributed by atoms with Crippen LogP contribution >= 0.6 is 15.9 Å². The fourth-order valence-electron chi connectivity index (χ4n) is 3.46. The number of aromatic nitrogens is 1. The maximum absolute atomic E-state index is 13.1. The van der Waals surface area contributed by atoms with E-state index in [-0.39, 0.29) is 11.7 Å². The second-order valence-corrected chi connectivity index (χ2v) is 7.61. The fraction of sp³-hybridized carbons (Fsp3) is 0.136. The van der Waals surface area contributed by atoms with Gasteiger partial charge < -0.3 is 15.0 Å². The van der Waals surface area contributed by atoms with E-state index in [1.807, 2.05) is 16.7 Å². The Morgan fingerprint density at radius 1 is 1.21 bits per heavy atom. The molecule has 4 rings (SSSR count). The van der Waals surface area contributed by atoms with Gasteiger partial charge in [-0.2, -0.15) is 5.26 Å². The molecule has 6 nitrogen and oxygen atoms in total. The fourth-order valence-corrected chi connectivity index (χ4v) is 3.72. The average molecular weight is 449 g/mol. The summed E-state index contributed by atoms with van der Waals surface area (Å²) in [4.78, 5) is 17.6. The van der Waals surface area contributed by atoms with Crippen LogP contribution in [0.2, 0.25) is 0 Å². The molecule has 1 aliphatic rings. The zero-order valence-corrected chi connectivity index (χ0v) is 17.0. The number of nitriles is 1. The molecule has 0 saturated carbocycles. The van der Waals surface area contributed by atoms with Crippen LogP contribution in [0.4, 0.5) is 11.4 Å². The van der Waals surface area contributed by atoms with Gasteiger partial charge in [-0.15, -0.1) is 0 Å². The van der Waals surface area contributed by atoms with Crippen LogP contribution in [0.15, 0.2) is 58.0 Å². The number of carbonyl (C=O) groups excluding carboxylic acids is 1. The van der Waals surface area contributed by atoms with Crippen molar-refractivity contribution in [2.45, 2.75) is 19.4 Å². The monoisotopic (exact) mass is 448 g/mol. The van der Waals surface area contributed by atoms with Crippen LogP contribution < -0.4 is 5.32 Å². The molecule has 0 bridgehead atoms. The second-order valence-electron chi connectivity index (χ2n) is 6.70. The molecule has 3 aromatic rings. The smallest absolute Gasteiger partial charge is 0.274 e. The predicted octanol–water partition coefficient (Wildman–Crippen LogP) is 4.78. The molecular weight excluding hydrogens is 432 g/mol. The lowest BCUT2D eigenvalue weighted by atomic mass is 10.1. The molecule has 1 amide bonds. The van der Waals surface area contributed by atoms with E-state index in [0.717, 1.165) is 28.6 Å². The number of halogens is 1. The standard InChI is InChI=1S/C22H17BrN4O2/c23-15-5-7-16(8-6-15)26-22(29)21-20(18(12-24)19-2-1-11-27(19)21)25-13-14-3-9-17(28)10-4-14/h3-10,13,28H,1-2,11H2,(H,26,29). The highest BCUT2D eigenvalue weighted by Gasteiger charge is 2.29. The number of nitrogens with zero attached hydrogens (tertiary/aromatic N) is 3. The zero-order chi connectivity index (χ0) is 20.4. The lowest BCUT2D eigenvalue weighted by Crippen LogP contribution is -2.16. The Kier molecular flexibility index (Phi) is 5.19. The van der Waals surface area contributed by atoms with Gasteiger partial charge in [-0.25, -0.2) is 0 Å². The summed E-state index contributed by atoms with van der Waals surface area (Å²) in [5, 5.41) is 22.1. The molecule has 0 atom stereocenters. The number of amides is 1. The van der Waals surface area contributed by atoms with Crippen LogP contribution in [-0.2, 0) is 13.0 Å². The average Bonchev–Trinajstić information content (AvgIpc) is 3.29. The van der Waals surface area contributed by atoms with Crippen LogP contribution in [0.1, 0.15) is 33.7 Å². The number of hydrogen-bond acceptors (Lipinski definition) is 4. The first-order valence-corrected chi connectivity index (χ1v) is 9.91. The Labute approximate surface area is 176 Å². The van der Waals surface area contributed by atoms with Gasteiger partial charge in [0.15, 0.2) is 0 Å². The number of fused-ring (bicyclic) bond motifs is 1. The summed E-state index contributed by atoms with van der Waals surface area (Å²) in [7, 11) is 0. The summed E-state index contributed by atoms with van der Waals surface area (Å²) >= 11 is 3.38. The SMILES string of the molecule is N#Cc1c(N=Cc2ccc(O)cc2)c(C(=O)Nc2ccc(Br)cc2)n2c1CCC2. The van der Waals surface area contributed by atoms with Gasteiger partial charge in [0.1, 0.15) is 23.2 Å². The van der Waals surface area contributed by atoms with Gasteiger partial charge in [-0.3, -0.25) is 9.79 Å². The molecule has 1 aromatic heterocycles. The summed E-state index contributed by atoms with van der Waals surface area (Å²) in [6.45, 7) is 0.682. The number of phenols is 1. The Bertz CT molecular complexity index is 1140. The van der Waals surface area contributed by atoms with E-state index >= 15 is 0 Å². The lowest BCUT2D eigenvalue weighted by molar-refractivity contribution is 0.101. The van der Waals surface area contributed by atoms with Crippen molar-refractivity contribution in [3.05, 3.63) is 75.5 Å². The van der Waals surface area contributed by atoms with Gasteiger partial charge in [-0.1, -0.05) is 15.9 Å². The van der Waals surface area contributed by atoms with Gasteiger partial charge in [0.05, 0.1) is 5.56 Å². The minimum atomic E-state index is -0.296. The molecule has 0 saturated heterocycles. The summed E-state index contributed by atoms with van der Waals surface area (Å²) in [5.41, 5.74) is 3.50. The highest BCUT2D eigenvalue weighted by molar-refractivity contribution is 9.10. The van der Waals surface area contributed by atoms with Gasteiger partial charge in [0.2, 0.25) is 0 Å². The van der Waals surface area contributed by atoms with Gasteiger partial charge >= 0.3 is 0 Å². The quantitative estimate of drug-likeness (QED) is 0.562. The lowest BCUT2D eigenvalue weighted by Gasteiger charge is -2.09. The van der Waals surface area contributed by atoms with Crippen molar-refractivity contribution in [3.63, 3.8) is 0 Å². The molecule has 2 N–H and O–H groups in total. The molecule has 7 heteroatoms. The van der Waals surface area contributed by atoms with E-state index in [0.29, 0.717) is 29.2 Å². The first-order chi connectivity index (χ1) is 14.1. The van der Waals surface area contributed by atoms with Crippen molar-refractivity contribution in [2.24, 2.45) is 4.99 Å². The van der Waals surface area contributed by atoms with Crippen molar-refractivity contribution in [3.8, 4) is 11.8 Å². The molecule has 2 aromatic carbocycles. The number of hydrogen-bond donors (Lipinski definition) is 2. The zero-order valence-electron chi connectivity index (χ0n) is 15.4. The van der Waals surface area contributed by atoms with Crippen molar-refractivity contribution in [2.75, 3.05) is 5.32 Å². The van der Waals surface area contributed by atoms with E-state index in [2.05, 4.69) is 32.3 Å². The van der Waals surface area contributed by atoms with E-state index < -0.39 is 0 Å². The maximum atomic E-state index is 13.1. The van der Waals surface area contributed by atoms with Crippen LogP contribution in [-0.4, -0.2) is 21.8 Å². The van der Waals surface area contributed by atoms with Crippen LogP contribution in [0.25, 0.3) is 0 Å². The number of aliphatic imine (C=N–C) groups is 1. The summed E-state index contributed by atoms with van der Waals surface area (Å²) < 4.78 is 2.82. The van der Waals surface area contributed by atoms with Crippen molar-refractivity contribution < 1.29 is 9.90 Å². The number of carbonyl (C=O) groups is 1. The molecule has 0 aliphatic carbocycles. The Morgan fingerprint density at radius 2 is 1.93 bits per heavy atom. The number of nitrogens with one attached hydrogen (secondary N) is 1. The third-order valence-corrected chi connectivity index (χ3v) is 5.33. The van der Waals surface area contributed by atoms with E-state index in [1.165, 1.54) is 0 Å². The van der Waals surface area contributed by atoms with Gasteiger partial charge in [0, 0.05) is 28.6 Å². The molecule has 1 aliphatic heterocycles. The number of aromatic hydroxyl groups is 1. The highest BCUT2D eigenvalue weighted by Crippen LogP contribution is 2.35. The Balaban J connectivity index is 1.74. The minimum absolute atomic E-state index is 0.164. The largest absolute Gasteiger partial charge is 0.508 e. The Hall–Kier alpha value is -3.37. The number of benzene rings is 2. The molecule has 0 fully saturated rings. The van der Waals surface area contributed by atoms with Crippen LogP contribution in [0.5, 0.6) is 5.75 Å². The second kappa shape index (κ2) is 7.94. The van der Waals surface area contributed by atoms with Crippen molar-refractivity contribution in [1.29, 1.82) is 5.26 Å². The third kappa shape index (κ3) is 3.80. The molecule has 0 spiro atoms. The number of anilines is 1. The molecular formula is C22H17BrN4O2. The van der Waals surface area contributed by atoms with Gasteiger partial charge in [0.25, 0.3) is 5.91 Å². The first kappa shape index (κ1) is 19.0. The first-order valence-electron chi connectivity index (χ1n) is 9.12. The molecule has 2 heterocycles. The number of rotatable bonds is 4. The number of phenolic OH excluding ortho intramolecular Hbond substituents is 1. The van der Waals surface area contributed by atoms with Crippen LogP contribution in [0, 0.1) is 11.3 Å². The summed E-state index contributed by atoms with van der Waals surface area (Å²) in [5.74, 6) is -0.132. The van der Waals surface area contributed by atoms with Gasteiger partial charge in [-0.05, 0) is 66.9 Å². The van der Waals surface area contributed by atoms with Crippen molar-refractivity contribution >= 4 is 39.4 Å².